The number of nitrogens with zero attached hydrogens (tertiary/aromatic N) is 1. The minimum absolute atomic E-state index is 0. The number of unbranched alkanes of at least 4 members (excludes halogenated alkanes) is 44. The van der Waals surface area contributed by atoms with E-state index in [4.69, 9.17) is 15.4 Å². The zero-order chi connectivity index (χ0) is 47.4. The number of rotatable bonds is 55. The number of carbonyl (C=O) groups is 2. The first-order valence-corrected chi connectivity index (χ1v) is 29.9. The Balaban J connectivity index is -0.0000205. The van der Waals surface area contributed by atoms with E-state index in [0.29, 0.717) is 13.1 Å². The summed E-state index contributed by atoms with van der Waals surface area (Å²) < 4.78 is 0. The van der Waals surface area contributed by atoms with Crippen LogP contribution in [0.2, 0.25) is 0 Å². The molecule has 6 nitrogen and oxygen atoms in total. The number of nitrogens with two attached hydrogens (primary N) is 1. The zero-order valence-corrected chi connectivity index (χ0v) is 47.9. The number of hydroxylamine groups is 2. The molecule has 2 N–H and O–H groups in total. The summed E-state index contributed by atoms with van der Waals surface area (Å²) in [7, 11) is 0. The van der Waals surface area contributed by atoms with Crippen molar-refractivity contribution in [1.82, 2.24) is 5.23 Å². The molecule has 0 radical (unpaired) electrons. The van der Waals surface area contributed by atoms with Crippen LogP contribution >= 0.6 is 0 Å². The Kier molecular flexibility index (Phi) is 59.1. The van der Waals surface area contributed by atoms with E-state index in [9.17, 15) is 9.59 Å². The van der Waals surface area contributed by atoms with Gasteiger partial charge in [0.25, 0.3) is 0 Å². The SMILES string of the molecule is CCCCCCCCCCCCCCCCCCCCCCCCC(C)C(=O)ON(CCCCCN)OC(=O)C(C)CCCCCCCCCCCCCCCCCCCCCCCC.[H-].[Na+]. The second-order valence-corrected chi connectivity index (χ2v) is 21.0. The molecule has 0 aromatic rings. The summed E-state index contributed by atoms with van der Waals surface area (Å²) in [5.41, 5.74) is 5.70. The molecule has 0 saturated heterocycles. The molecule has 2 unspecified atom stereocenters. The van der Waals surface area contributed by atoms with E-state index in [1.165, 1.54) is 262 Å². The van der Waals surface area contributed by atoms with E-state index in [1.807, 2.05) is 13.8 Å². The Hall–Kier alpha value is -0.140. The molecular formula is C59H119N2NaO4. The van der Waals surface area contributed by atoms with Gasteiger partial charge in [0, 0.05) is 5.23 Å². The van der Waals surface area contributed by atoms with Gasteiger partial charge in [0.1, 0.15) is 0 Å². The third-order valence-corrected chi connectivity index (χ3v) is 14.2. The van der Waals surface area contributed by atoms with Crippen LogP contribution in [-0.4, -0.2) is 30.3 Å². The molecule has 0 aliphatic carbocycles. The summed E-state index contributed by atoms with van der Waals surface area (Å²) in [6, 6.07) is 0. The summed E-state index contributed by atoms with van der Waals surface area (Å²) in [6.45, 7) is 9.49. The van der Waals surface area contributed by atoms with Crippen LogP contribution in [0.15, 0.2) is 0 Å². The fraction of sp³-hybridized carbons (Fsp3) is 0.966. The summed E-state index contributed by atoms with van der Waals surface area (Å²) in [5, 5.41) is 1.17. The topological polar surface area (TPSA) is 81.9 Å². The molecular weight excluding hydrogens is 824 g/mol. The van der Waals surface area contributed by atoms with Gasteiger partial charge in [0.2, 0.25) is 0 Å². The predicted molar refractivity (Wildman–Crippen MR) is 285 cm³/mol. The first-order valence-electron chi connectivity index (χ1n) is 29.9. The third-order valence-electron chi connectivity index (χ3n) is 14.2. The molecule has 0 rings (SSSR count). The van der Waals surface area contributed by atoms with Crippen LogP contribution in [0.1, 0.15) is 344 Å². The quantitative estimate of drug-likeness (QED) is 0.0372. The van der Waals surface area contributed by atoms with E-state index in [2.05, 4.69) is 13.8 Å². The molecule has 2 atom stereocenters. The molecule has 0 heterocycles. The molecule has 66 heavy (non-hydrogen) atoms. The van der Waals surface area contributed by atoms with Gasteiger partial charge in [0.15, 0.2) is 0 Å². The van der Waals surface area contributed by atoms with Crippen molar-refractivity contribution in [3.05, 3.63) is 0 Å². The Labute approximate surface area is 437 Å². The second-order valence-electron chi connectivity index (χ2n) is 21.0. The van der Waals surface area contributed by atoms with Crippen LogP contribution in [0.4, 0.5) is 0 Å². The Morgan fingerprint density at radius 3 is 0.758 bits per heavy atom. The maximum absolute atomic E-state index is 13.0. The van der Waals surface area contributed by atoms with Gasteiger partial charge in [0.05, 0.1) is 18.4 Å². The van der Waals surface area contributed by atoms with Crippen LogP contribution < -0.4 is 35.3 Å². The molecule has 0 aromatic carbocycles. The molecule has 0 fully saturated rings. The van der Waals surface area contributed by atoms with Gasteiger partial charge in [-0.25, -0.2) is 9.59 Å². The Morgan fingerprint density at radius 2 is 0.545 bits per heavy atom. The van der Waals surface area contributed by atoms with Crippen molar-refractivity contribution < 1.29 is 50.2 Å². The fourth-order valence-corrected chi connectivity index (χ4v) is 9.41. The van der Waals surface area contributed by atoms with Crippen LogP contribution in [0.3, 0.4) is 0 Å². The van der Waals surface area contributed by atoms with E-state index in [1.54, 1.807) is 0 Å². The fourth-order valence-electron chi connectivity index (χ4n) is 9.41. The Bertz CT molecular complexity index is 892. The number of carbonyl (C=O) groups excluding carboxylic acids is 2. The van der Waals surface area contributed by atoms with Crippen LogP contribution in [0, 0.1) is 11.8 Å². The van der Waals surface area contributed by atoms with Gasteiger partial charge in [-0.2, -0.15) is 0 Å². The monoisotopic (exact) mass is 943 g/mol. The molecule has 7 heteroatoms. The van der Waals surface area contributed by atoms with Gasteiger partial charge >= 0.3 is 41.5 Å². The van der Waals surface area contributed by atoms with Crippen molar-refractivity contribution in [3.8, 4) is 0 Å². The second kappa shape index (κ2) is 57.4. The molecule has 0 bridgehead atoms. The van der Waals surface area contributed by atoms with Crippen LogP contribution in [-0.2, 0) is 19.3 Å². The van der Waals surface area contributed by atoms with E-state index in [0.717, 1.165) is 57.8 Å². The van der Waals surface area contributed by atoms with Crippen molar-refractivity contribution in [2.45, 2.75) is 342 Å². The third kappa shape index (κ3) is 51.7. The summed E-state index contributed by atoms with van der Waals surface area (Å²) >= 11 is 0. The largest absolute Gasteiger partial charge is 1.00 e. The minimum Gasteiger partial charge on any atom is -1.00 e. The van der Waals surface area contributed by atoms with Crippen molar-refractivity contribution >= 4 is 11.9 Å². The van der Waals surface area contributed by atoms with Crippen molar-refractivity contribution in [2.75, 3.05) is 13.1 Å². The molecule has 0 aliphatic heterocycles. The van der Waals surface area contributed by atoms with Gasteiger partial charge in [-0.15, -0.1) is 0 Å². The van der Waals surface area contributed by atoms with E-state index in [-0.39, 0.29) is 54.8 Å². The smallest absolute Gasteiger partial charge is 1.00 e. The van der Waals surface area contributed by atoms with Crippen LogP contribution in [0.25, 0.3) is 0 Å². The van der Waals surface area contributed by atoms with E-state index < -0.39 is 0 Å². The maximum Gasteiger partial charge on any atom is 1.00 e. The zero-order valence-electron chi connectivity index (χ0n) is 46.9. The normalized spacial score (nSPS) is 12.4. The van der Waals surface area contributed by atoms with E-state index >= 15 is 0 Å². The molecule has 0 amide bonds. The molecule has 0 spiro atoms. The van der Waals surface area contributed by atoms with Crippen molar-refractivity contribution in [2.24, 2.45) is 17.6 Å². The average Bonchev–Trinajstić information content (AvgIpc) is 3.30. The number of hydrogen-bond acceptors (Lipinski definition) is 6. The van der Waals surface area contributed by atoms with Crippen molar-refractivity contribution in [3.63, 3.8) is 0 Å². The summed E-state index contributed by atoms with van der Waals surface area (Å²) in [4.78, 5) is 37.5. The van der Waals surface area contributed by atoms with Gasteiger partial charge in [-0.05, 0) is 32.2 Å². The molecule has 0 aliphatic rings. The minimum atomic E-state index is -0.299. The van der Waals surface area contributed by atoms with Crippen LogP contribution in [0.5, 0.6) is 0 Å². The predicted octanol–water partition coefficient (Wildman–Crippen LogP) is 16.7. The first kappa shape index (κ1) is 67.9. The summed E-state index contributed by atoms with van der Waals surface area (Å²) in [5.74, 6) is -1.03. The standard InChI is InChI=1S/C59H118N2O4.Na.H/c1-5-7-9-11-13-15-17-19-21-23-25-27-29-31-33-35-37-39-41-43-45-48-52-56(3)58(62)64-61(55-51-47-50-54-60)65-59(63)57(4)53-49-46-44-42-40-38-36-34-32-30-28-26-24-22-20-18-16-14-12-10-8-6-2;;/h56-57H,5-55,60H2,1-4H3;;/q;+1;-1. The maximum atomic E-state index is 13.0. The molecule has 390 valence electrons. The molecule has 0 aromatic heterocycles. The number of hydrogen-bond donors (Lipinski definition) is 1. The average molecular weight is 944 g/mol. The van der Waals surface area contributed by atoms with Gasteiger partial charge < -0.3 is 16.8 Å². The Morgan fingerprint density at radius 1 is 0.348 bits per heavy atom. The summed E-state index contributed by atoms with van der Waals surface area (Å²) in [6.07, 6.45) is 64.7. The molecule has 0 saturated carbocycles. The van der Waals surface area contributed by atoms with Crippen molar-refractivity contribution in [1.29, 1.82) is 0 Å². The van der Waals surface area contributed by atoms with Gasteiger partial charge in [-0.1, -0.05) is 317 Å². The van der Waals surface area contributed by atoms with Gasteiger partial charge in [-0.3, -0.25) is 0 Å². The first-order chi connectivity index (χ1) is 32.0.